The van der Waals surface area contributed by atoms with Crippen molar-refractivity contribution in [3.8, 4) is 0 Å². The third-order valence-corrected chi connectivity index (χ3v) is 3.98. The van der Waals surface area contributed by atoms with Crippen molar-refractivity contribution in [3.63, 3.8) is 0 Å². The minimum atomic E-state index is -0.422. The maximum absolute atomic E-state index is 11.1. The molecule has 21 heavy (non-hydrogen) atoms. The summed E-state index contributed by atoms with van der Waals surface area (Å²) in [5.74, 6) is 0. The van der Waals surface area contributed by atoms with Crippen molar-refractivity contribution in [1.29, 1.82) is 0 Å². The molecular weight excluding hydrogens is 290 g/mol. The average Bonchev–Trinajstić information content (AvgIpc) is 2.79. The highest BCUT2D eigenvalue weighted by Crippen LogP contribution is 2.18. The van der Waals surface area contributed by atoms with Crippen LogP contribution in [0.1, 0.15) is 19.5 Å². The van der Waals surface area contributed by atoms with Crippen molar-refractivity contribution in [2.24, 2.45) is 12.0 Å². The molecular formula is C14H19N3O3S. The molecule has 0 fully saturated rings. The van der Waals surface area contributed by atoms with Crippen molar-refractivity contribution < 1.29 is 10.0 Å². The molecule has 1 aromatic heterocycles. The van der Waals surface area contributed by atoms with E-state index >= 15 is 0 Å². The molecule has 1 atom stereocenters. The number of aromatic nitrogens is 1. The lowest BCUT2D eigenvalue weighted by Crippen LogP contribution is -2.19. The Morgan fingerprint density at radius 3 is 2.81 bits per heavy atom. The van der Waals surface area contributed by atoms with E-state index in [1.807, 2.05) is 5.38 Å². The minimum Gasteiger partial charge on any atom is -0.390 e. The highest BCUT2D eigenvalue weighted by molar-refractivity contribution is 7.07. The van der Waals surface area contributed by atoms with Crippen LogP contribution >= 0.6 is 11.3 Å². The van der Waals surface area contributed by atoms with Crippen LogP contribution in [0.25, 0.3) is 0 Å². The van der Waals surface area contributed by atoms with Gasteiger partial charge in [0.05, 0.1) is 28.8 Å². The molecule has 1 heterocycles. The molecule has 1 rings (SSSR count). The lowest BCUT2D eigenvalue weighted by Gasteiger charge is -2.09. The third-order valence-electron chi connectivity index (χ3n) is 3.00. The van der Waals surface area contributed by atoms with Crippen LogP contribution in [0, 0.1) is 10.1 Å². The maximum Gasteiger partial charge on any atom is 0.270 e. The molecule has 0 amide bonds. The number of hydrogen-bond acceptors (Lipinski definition) is 5. The summed E-state index contributed by atoms with van der Waals surface area (Å²) in [7, 11) is 1.80. The molecule has 6 nitrogen and oxygen atoms in total. The molecule has 7 heteroatoms. The predicted molar refractivity (Wildman–Crippen MR) is 83.3 cm³/mol. The summed E-state index contributed by atoms with van der Waals surface area (Å²) < 4.78 is 1.77. The zero-order valence-corrected chi connectivity index (χ0v) is 13.1. The van der Waals surface area contributed by atoms with Crippen LogP contribution in [0.4, 0.5) is 0 Å². The van der Waals surface area contributed by atoms with E-state index in [0.29, 0.717) is 10.4 Å². The van der Waals surface area contributed by atoms with Gasteiger partial charge in [0.1, 0.15) is 0 Å². The molecule has 0 aliphatic rings. The quantitative estimate of drug-likeness (QED) is 0.497. The molecule has 0 aliphatic carbocycles. The van der Waals surface area contributed by atoms with Crippen molar-refractivity contribution >= 4 is 11.3 Å². The molecule has 0 spiro atoms. The van der Waals surface area contributed by atoms with Crippen LogP contribution in [0.15, 0.2) is 46.4 Å². The molecule has 0 aliphatic heterocycles. The normalized spacial score (nSPS) is 15.1. The first-order valence-electron chi connectivity index (χ1n) is 6.38. The van der Waals surface area contributed by atoms with E-state index in [9.17, 15) is 15.2 Å². The fraction of sp³-hybridized carbons (Fsp3) is 0.357. The Morgan fingerprint density at radius 2 is 2.38 bits per heavy atom. The second-order valence-corrected chi connectivity index (χ2v) is 5.16. The zero-order chi connectivity index (χ0) is 16.0. The van der Waals surface area contributed by atoms with E-state index < -0.39 is 11.0 Å². The van der Waals surface area contributed by atoms with Crippen LogP contribution in [0.2, 0.25) is 0 Å². The Labute approximate surface area is 127 Å². The van der Waals surface area contributed by atoms with Gasteiger partial charge in [-0.3, -0.25) is 15.1 Å². The molecule has 1 unspecified atom stereocenters. The highest BCUT2D eigenvalue weighted by Gasteiger charge is 2.21. The van der Waals surface area contributed by atoms with Crippen LogP contribution < -0.4 is 4.80 Å². The first-order valence-corrected chi connectivity index (χ1v) is 7.26. The zero-order valence-electron chi connectivity index (χ0n) is 12.3. The fourth-order valence-corrected chi connectivity index (χ4v) is 2.81. The summed E-state index contributed by atoms with van der Waals surface area (Å²) in [5, 5.41) is 22.1. The van der Waals surface area contributed by atoms with Gasteiger partial charge >= 0.3 is 0 Å². The standard InChI is InChI=1S/C14H19N3O3S/c1-5-7-12(13(6-2)17(19)20)10(3)15-14-16(4)11(8-18)9-21-14/h5-7,9-10,18H,1,8H2,2-4H3/b12-7-,13-6+,15-14?. The number of thiazole rings is 1. The van der Waals surface area contributed by atoms with Gasteiger partial charge in [-0.15, -0.1) is 11.3 Å². The maximum atomic E-state index is 11.1. The van der Waals surface area contributed by atoms with Crippen LogP contribution in [0.5, 0.6) is 0 Å². The van der Waals surface area contributed by atoms with E-state index in [2.05, 4.69) is 11.6 Å². The molecule has 0 saturated heterocycles. The smallest absolute Gasteiger partial charge is 0.270 e. The number of nitro groups is 1. The van der Waals surface area contributed by atoms with Gasteiger partial charge in [-0.25, -0.2) is 0 Å². The van der Waals surface area contributed by atoms with Gasteiger partial charge in [-0.1, -0.05) is 18.7 Å². The monoisotopic (exact) mass is 309 g/mol. The third kappa shape index (κ3) is 3.99. The van der Waals surface area contributed by atoms with Gasteiger partial charge in [-0.05, 0) is 19.9 Å². The van der Waals surface area contributed by atoms with Crippen molar-refractivity contribution in [3.05, 3.63) is 62.1 Å². The lowest BCUT2D eigenvalue weighted by molar-refractivity contribution is -0.421. The predicted octanol–water partition coefficient (Wildman–Crippen LogP) is 2.16. The van der Waals surface area contributed by atoms with E-state index in [-0.39, 0.29) is 12.3 Å². The first-order chi connectivity index (χ1) is 9.96. The summed E-state index contributed by atoms with van der Waals surface area (Å²) >= 11 is 1.39. The number of nitrogens with zero attached hydrogens (tertiary/aromatic N) is 3. The highest BCUT2D eigenvalue weighted by atomic mass is 32.1. The number of rotatable bonds is 6. The SMILES string of the molecule is C=C/C=C(\C(=C/C)[N+](=O)[O-])C(C)N=c1scc(CO)n1C. The Bertz CT molecular complexity index is 653. The summed E-state index contributed by atoms with van der Waals surface area (Å²) in [6.45, 7) is 6.94. The van der Waals surface area contributed by atoms with E-state index in [4.69, 9.17) is 0 Å². The first kappa shape index (κ1) is 17.1. The largest absolute Gasteiger partial charge is 0.390 e. The molecule has 114 valence electrons. The molecule has 0 bridgehead atoms. The van der Waals surface area contributed by atoms with Gasteiger partial charge in [0.2, 0.25) is 0 Å². The van der Waals surface area contributed by atoms with Gasteiger partial charge in [0.15, 0.2) is 4.80 Å². The summed E-state index contributed by atoms with van der Waals surface area (Å²) in [6.07, 6.45) is 4.57. The van der Waals surface area contributed by atoms with Crippen LogP contribution in [-0.4, -0.2) is 20.6 Å². The Balaban J connectivity index is 3.28. The van der Waals surface area contributed by atoms with Crippen LogP contribution in [-0.2, 0) is 13.7 Å². The molecule has 1 N–H and O–H groups in total. The van der Waals surface area contributed by atoms with E-state index in [1.165, 1.54) is 23.5 Å². The van der Waals surface area contributed by atoms with E-state index in [0.717, 1.165) is 5.69 Å². The number of aliphatic hydroxyl groups is 1. The molecule has 0 radical (unpaired) electrons. The molecule has 0 saturated carbocycles. The van der Waals surface area contributed by atoms with Gasteiger partial charge in [-0.2, -0.15) is 0 Å². The van der Waals surface area contributed by atoms with Gasteiger partial charge < -0.3 is 9.67 Å². The Hall–Kier alpha value is -1.99. The summed E-state index contributed by atoms with van der Waals surface area (Å²) in [6, 6.07) is -0.393. The van der Waals surface area contributed by atoms with Crippen molar-refractivity contribution in [1.82, 2.24) is 4.57 Å². The van der Waals surface area contributed by atoms with Gasteiger partial charge in [0, 0.05) is 12.4 Å². The summed E-state index contributed by atoms with van der Waals surface area (Å²) in [4.78, 5) is 15.9. The van der Waals surface area contributed by atoms with E-state index in [1.54, 1.807) is 31.5 Å². The van der Waals surface area contributed by atoms with Crippen LogP contribution in [0.3, 0.4) is 0 Å². The van der Waals surface area contributed by atoms with Gasteiger partial charge in [0.25, 0.3) is 5.70 Å². The Morgan fingerprint density at radius 1 is 1.71 bits per heavy atom. The summed E-state index contributed by atoms with van der Waals surface area (Å²) in [5.41, 5.74) is 1.27. The van der Waals surface area contributed by atoms with Crippen molar-refractivity contribution in [2.75, 3.05) is 0 Å². The Kier molecular flexibility index (Phi) is 6.26. The average molecular weight is 309 g/mol. The van der Waals surface area contributed by atoms with Crippen molar-refractivity contribution in [2.45, 2.75) is 26.5 Å². The second kappa shape index (κ2) is 7.70. The number of aliphatic hydroxyl groups excluding tert-OH is 1. The fourth-order valence-electron chi connectivity index (χ4n) is 1.84. The number of hydrogen-bond donors (Lipinski definition) is 1. The second-order valence-electron chi connectivity index (χ2n) is 4.32. The topological polar surface area (TPSA) is 80.7 Å². The lowest BCUT2D eigenvalue weighted by atomic mass is 10.1. The minimum absolute atomic E-state index is 0.0211. The number of allylic oxidation sites excluding steroid dienone is 3. The molecule has 0 aromatic carbocycles. The molecule has 1 aromatic rings.